The minimum absolute atomic E-state index is 0.0563. The van der Waals surface area contributed by atoms with Crippen LogP contribution in [0.3, 0.4) is 0 Å². The molecule has 1 N–H and O–H groups in total. The Morgan fingerprint density at radius 2 is 1.26 bits per heavy atom. The molecule has 0 saturated carbocycles. The van der Waals surface area contributed by atoms with Gasteiger partial charge in [-0.15, -0.1) is 0 Å². The molecule has 0 atom stereocenters. The van der Waals surface area contributed by atoms with E-state index in [1.807, 2.05) is 18.2 Å². The molecule has 0 amide bonds. The van der Waals surface area contributed by atoms with E-state index in [1.54, 1.807) is 24.3 Å². The van der Waals surface area contributed by atoms with Gasteiger partial charge in [0, 0.05) is 28.9 Å². The highest BCUT2D eigenvalue weighted by molar-refractivity contribution is 6.30. The average molecular weight is 364 g/mol. The van der Waals surface area contributed by atoms with Crippen LogP contribution in [0.4, 0.5) is 5.69 Å². The van der Waals surface area contributed by atoms with Crippen LogP contribution in [0.25, 0.3) is 0 Å². The first-order valence-corrected chi connectivity index (χ1v) is 10.3. The second kappa shape index (κ2) is 9.50. The van der Waals surface area contributed by atoms with Crippen LogP contribution in [0.1, 0.15) is 90.1 Å². The van der Waals surface area contributed by atoms with Crippen molar-refractivity contribution < 1.29 is 9.59 Å². The summed E-state index contributed by atoms with van der Waals surface area (Å²) in [5.74, 6) is -0.116. The number of carbonyl (C=O) groups is 2. The second-order valence-electron chi connectivity index (χ2n) is 7.33. The molecule has 2 aromatic rings. The van der Waals surface area contributed by atoms with Gasteiger partial charge < -0.3 is 5.32 Å². The fourth-order valence-electron chi connectivity index (χ4n) is 3.77. The van der Waals surface area contributed by atoms with Crippen LogP contribution in [0.5, 0.6) is 0 Å². The summed E-state index contributed by atoms with van der Waals surface area (Å²) in [6.45, 7) is 3.07. The smallest absolute Gasteiger partial charge is 0.196 e. The van der Waals surface area contributed by atoms with Crippen LogP contribution in [0.2, 0.25) is 0 Å². The summed E-state index contributed by atoms with van der Waals surface area (Å²) in [5.41, 5.74) is 2.84. The lowest BCUT2D eigenvalue weighted by Gasteiger charge is -2.20. The van der Waals surface area contributed by atoms with Gasteiger partial charge in [-0.05, 0) is 12.5 Å². The lowest BCUT2D eigenvalue weighted by Crippen LogP contribution is -2.22. The minimum atomic E-state index is -0.0593. The third-order valence-electron chi connectivity index (χ3n) is 5.30. The summed E-state index contributed by atoms with van der Waals surface area (Å²) in [5, 5.41) is 3.39. The van der Waals surface area contributed by atoms with E-state index in [0.717, 1.165) is 18.7 Å². The Morgan fingerprint density at radius 1 is 0.667 bits per heavy atom. The third kappa shape index (κ3) is 4.47. The van der Waals surface area contributed by atoms with Crippen molar-refractivity contribution >= 4 is 17.3 Å². The standard InChI is InChI=1S/C24H29NO2/c1-2-3-4-5-6-7-8-11-17-25-21-16-12-15-20-22(21)24(27)19-14-10-9-13-18(19)23(20)26/h9-10,12-16,25H,2-8,11,17H2,1H3. The predicted molar refractivity (Wildman–Crippen MR) is 111 cm³/mol. The predicted octanol–water partition coefficient (Wildman–Crippen LogP) is 6.01. The number of fused-ring (bicyclic) bond motifs is 2. The summed E-state index contributed by atoms with van der Waals surface area (Å²) in [7, 11) is 0. The van der Waals surface area contributed by atoms with E-state index in [9.17, 15) is 9.59 Å². The maximum Gasteiger partial charge on any atom is 0.196 e. The van der Waals surface area contributed by atoms with Crippen LogP contribution in [0, 0.1) is 0 Å². The molecule has 0 radical (unpaired) electrons. The number of hydrogen-bond acceptors (Lipinski definition) is 3. The van der Waals surface area contributed by atoms with Crippen molar-refractivity contribution in [2.24, 2.45) is 0 Å². The van der Waals surface area contributed by atoms with Gasteiger partial charge in [-0.3, -0.25) is 9.59 Å². The van der Waals surface area contributed by atoms with Crippen LogP contribution < -0.4 is 5.32 Å². The monoisotopic (exact) mass is 363 g/mol. The molecule has 0 spiro atoms. The molecule has 1 aliphatic rings. The number of unbranched alkanes of at least 4 members (excludes halogenated alkanes) is 7. The molecule has 3 heteroatoms. The summed E-state index contributed by atoms with van der Waals surface area (Å²) < 4.78 is 0. The van der Waals surface area contributed by atoms with Crippen molar-refractivity contribution in [3.8, 4) is 0 Å². The van der Waals surface area contributed by atoms with E-state index in [2.05, 4.69) is 12.2 Å². The molecule has 0 unspecified atom stereocenters. The number of ketones is 2. The fourth-order valence-corrected chi connectivity index (χ4v) is 3.77. The average Bonchev–Trinajstić information content (AvgIpc) is 2.70. The highest BCUT2D eigenvalue weighted by Crippen LogP contribution is 2.31. The summed E-state index contributed by atoms with van der Waals surface area (Å²) >= 11 is 0. The first-order valence-electron chi connectivity index (χ1n) is 10.3. The summed E-state index contributed by atoms with van der Waals surface area (Å²) in [6, 6.07) is 12.6. The number of anilines is 1. The van der Waals surface area contributed by atoms with E-state index in [1.165, 1.54) is 44.9 Å². The van der Waals surface area contributed by atoms with Gasteiger partial charge in [0.1, 0.15) is 0 Å². The number of hydrogen-bond donors (Lipinski definition) is 1. The zero-order chi connectivity index (χ0) is 19.1. The van der Waals surface area contributed by atoms with Crippen molar-refractivity contribution in [2.75, 3.05) is 11.9 Å². The molecule has 0 heterocycles. The van der Waals surface area contributed by atoms with Gasteiger partial charge >= 0.3 is 0 Å². The Hall–Kier alpha value is -2.42. The van der Waals surface area contributed by atoms with Gasteiger partial charge in [0.15, 0.2) is 11.6 Å². The van der Waals surface area contributed by atoms with E-state index in [4.69, 9.17) is 0 Å². The largest absolute Gasteiger partial charge is 0.384 e. The van der Waals surface area contributed by atoms with E-state index < -0.39 is 0 Å². The Labute approximate surface area is 162 Å². The number of rotatable bonds is 10. The fraction of sp³-hybridized carbons (Fsp3) is 0.417. The number of nitrogens with one attached hydrogen (secondary N) is 1. The van der Waals surface area contributed by atoms with Gasteiger partial charge in [0.05, 0.1) is 5.56 Å². The van der Waals surface area contributed by atoms with E-state index >= 15 is 0 Å². The molecular formula is C24H29NO2. The second-order valence-corrected chi connectivity index (χ2v) is 7.33. The van der Waals surface area contributed by atoms with Gasteiger partial charge in [0.25, 0.3) is 0 Å². The highest BCUT2D eigenvalue weighted by Gasteiger charge is 2.31. The van der Waals surface area contributed by atoms with E-state index in [0.29, 0.717) is 22.3 Å². The highest BCUT2D eigenvalue weighted by atomic mass is 16.1. The van der Waals surface area contributed by atoms with Crippen molar-refractivity contribution in [1.29, 1.82) is 0 Å². The molecule has 3 rings (SSSR count). The topological polar surface area (TPSA) is 46.2 Å². The third-order valence-corrected chi connectivity index (χ3v) is 5.30. The summed E-state index contributed by atoms with van der Waals surface area (Å²) in [6.07, 6.45) is 10.2. The molecule has 0 aromatic heterocycles. The van der Waals surface area contributed by atoms with Crippen LogP contribution in [-0.2, 0) is 0 Å². The number of benzene rings is 2. The molecule has 0 bridgehead atoms. The normalized spacial score (nSPS) is 12.6. The van der Waals surface area contributed by atoms with E-state index in [-0.39, 0.29) is 11.6 Å². The lowest BCUT2D eigenvalue weighted by atomic mass is 9.83. The van der Waals surface area contributed by atoms with Gasteiger partial charge in [-0.25, -0.2) is 0 Å². The van der Waals surface area contributed by atoms with Crippen molar-refractivity contribution in [1.82, 2.24) is 0 Å². The zero-order valence-electron chi connectivity index (χ0n) is 16.2. The zero-order valence-corrected chi connectivity index (χ0v) is 16.2. The van der Waals surface area contributed by atoms with Crippen molar-refractivity contribution in [3.63, 3.8) is 0 Å². The molecule has 142 valence electrons. The molecular weight excluding hydrogens is 334 g/mol. The number of carbonyl (C=O) groups excluding carboxylic acids is 2. The molecule has 0 fully saturated rings. The van der Waals surface area contributed by atoms with Crippen LogP contribution in [-0.4, -0.2) is 18.1 Å². The Balaban J connectivity index is 1.58. The lowest BCUT2D eigenvalue weighted by molar-refractivity contribution is 0.0979. The summed E-state index contributed by atoms with van der Waals surface area (Å²) in [4.78, 5) is 25.7. The molecule has 2 aromatic carbocycles. The maximum atomic E-state index is 12.9. The van der Waals surface area contributed by atoms with Crippen molar-refractivity contribution in [2.45, 2.75) is 58.3 Å². The Morgan fingerprint density at radius 3 is 1.96 bits per heavy atom. The molecule has 1 aliphatic carbocycles. The minimum Gasteiger partial charge on any atom is -0.384 e. The molecule has 27 heavy (non-hydrogen) atoms. The first-order chi connectivity index (χ1) is 13.2. The maximum absolute atomic E-state index is 12.9. The van der Waals surface area contributed by atoms with Crippen molar-refractivity contribution in [3.05, 3.63) is 64.7 Å². The van der Waals surface area contributed by atoms with Gasteiger partial charge in [-0.1, -0.05) is 88.3 Å². The van der Waals surface area contributed by atoms with Crippen LogP contribution >= 0.6 is 0 Å². The Bertz CT molecular complexity index is 810. The first kappa shape index (κ1) is 19.3. The van der Waals surface area contributed by atoms with Crippen LogP contribution in [0.15, 0.2) is 42.5 Å². The molecule has 3 nitrogen and oxygen atoms in total. The molecule has 0 saturated heterocycles. The Kier molecular flexibility index (Phi) is 6.80. The van der Waals surface area contributed by atoms with Gasteiger partial charge in [0.2, 0.25) is 0 Å². The SMILES string of the molecule is CCCCCCCCCCNc1cccc2c1C(=O)c1ccccc1C2=O. The molecule has 0 aliphatic heterocycles. The van der Waals surface area contributed by atoms with Gasteiger partial charge in [-0.2, -0.15) is 0 Å². The quantitative estimate of drug-likeness (QED) is 0.448.